The third-order valence-electron chi connectivity index (χ3n) is 2.37. The van der Waals surface area contributed by atoms with Gasteiger partial charge in [0.2, 0.25) is 0 Å². The predicted octanol–water partition coefficient (Wildman–Crippen LogP) is 3.33. The van der Waals surface area contributed by atoms with E-state index in [1.807, 2.05) is 0 Å². The third-order valence-corrected chi connectivity index (χ3v) is 2.37. The van der Waals surface area contributed by atoms with Gasteiger partial charge in [0.25, 0.3) is 0 Å². The van der Waals surface area contributed by atoms with E-state index < -0.39 is 24.5 Å². The van der Waals surface area contributed by atoms with Crippen molar-refractivity contribution in [3.63, 3.8) is 0 Å². The Morgan fingerprint density at radius 3 is 2.20 bits per heavy atom. The Morgan fingerprint density at radius 2 is 1.80 bits per heavy atom. The van der Waals surface area contributed by atoms with Gasteiger partial charge in [-0.3, -0.25) is 4.79 Å². The SMILES string of the molecule is C=CCN(C(=O)C(F)(OF)C(F)(F)F)c1ccccc1. The first-order valence-electron chi connectivity index (χ1n) is 5.31. The molecule has 0 N–H and O–H groups in total. The van der Waals surface area contributed by atoms with Gasteiger partial charge in [0.05, 0.1) is 0 Å². The van der Waals surface area contributed by atoms with E-state index in [0.717, 1.165) is 6.08 Å². The molecule has 1 rings (SSSR count). The number of carbonyl (C=O) groups excluding carboxylic acids is 1. The van der Waals surface area contributed by atoms with Crippen molar-refractivity contribution in [2.75, 3.05) is 11.4 Å². The summed E-state index contributed by atoms with van der Waals surface area (Å²) in [7, 11) is 0. The van der Waals surface area contributed by atoms with Crippen molar-refractivity contribution in [2.24, 2.45) is 0 Å². The van der Waals surface area contributed by atoms with Crippen LogP contribution in [0.4, 0.5) is 27.8 Å². The average Bonchev–Trinajstić information content (AvgIpc) is 2.42. The molecule has 0 aromatic heterocycles. The molecule has 0 aliphatic rings. The Hall–Kier alpha value is -1.96. The van der Waals surface area contributed by atoms with Gasteiger partial charge in [0, 0.05) is 12.2 Å². The molecular weight excluding hydrogens is 285 g/mol. The molecule has 0 aliphatic heterocycles. The molecule has 1 atom stereocenters. The molecule has 0 fully saturated rings. The minimum Gasteiger partial charge on any atom is -0.303 e. The lowest BCUT2D eigenvalue weighted by Gasteiger charge is -2.29. The molecule has 8 heteroatoms. The fourth-order valence-electron chi connectivity index (χ4n) is 1.41. The van der Waals surface area contributed by atoms with E-state index in [1.54, 1.807) is 0 Å². The van der Waals surface area contributed by atoms with Crippen LogP contribution in [-0.2, 0) is 9.74 Å². The Labute approximate surface area is 111 Å². The van der Waals surface area contributed by atoms with Gasteiger partial charge >= 0.3 is 17.9 Å². The monoisotopic (exact) mass is 295 g/mol. The average molecular weight is 295 g/mol. The highest BCUT2D eigenvalue weighted by Gasteiger charge is 2.66. The second-order valence-electron chi connectivity index (χ2n) is 3.71. The van der Waals surface area contributed by atoms with E-state index in [9.17, 15) is 26.9 Å². The number of alkyl halides is 4. The van der Waals surface area contributed by atoms with Crippen LogP contribution >= 0.6 is 0 Å². The summed E-state index contributed by atoms with van der Waals surface area (Å²) < 4.78 is 62.9. The van der Waals surface area contributed by atoms with Crippen molar-refractivity contribution >= 4 is 11.6 Å². The van der Waals surface area contributed by atoms with E-state index in [0.29, 0.717) is 4.90 Å². The minimum absolute atomic E-state index is 0.0549. The predicted molar refractivity (Wildman–Crippen MR) is 61.1 cm³/mol. The molecule has 0 aliphatic carbocycles. The van der Waals surface area contributed by atoms with Crippen LogP contribution < -0.4 is 4.90 Å². The molecule has 0 saturated heterocycles. The highest BCUT2D eigenvalue weighted by molar-refractivity contribution is 5.99. The third kappa shape index (κ3) is 2.96. The van der Waals surface area contributed by atoms with Crippen LogP contribution in [0.3, 0.4) is 0 Å². The highest BCUT2D eigenvalue weighted by atomic mass is 19.4. The summed E-state index contributed by atoms with van der Waals surface area (Å²) in [5.74, 6) is -7.29. The molecule has 0 radical (unpaired) electrons. The summed E-state index contributed by atoms with van der Waals surface area (Å²) in [4.78, 5) is 14.3. The van der Waals surface area contributed by atoms with E-state index in [4.69, 9.17) is 0 Å². The topological polar surface area (TPSA) is 29.5 Å². The first kappa shape index (κ1) is 16.1. The fraction of sp³-hybridized carbons (Fsp3) is 0.250. The van der Waals surface area contributed by atoms with Crippen molar-refractivity contribution in [1.82, 2.24) is 0 Å². The largest absolute Gasteiger partial charge is 0.461 e. The first-order chi connectivity index (χ1) is 9.28. The van der Waals surface area contributed by atoms with Gasteiger partial charge < -0.3 is 4.90 Å². The van der Waals surface area contributed by atoms with Crippen LogP contribution in [-0.4, -0.2) is 24.5 Å². The number of benzene rings is 1. The lowest BCUT2D eigenvalue weighted by atomic mass is 10.2. The summed E-state index contributed by atoms with van der Waals surface area (Å²) in [6, 6.07) is 6.90. The molecule has 0 heterocycles. The second-order valence-corrected chi connectivity index (χ2v) is 3.71. The van der Waals surface area contributed by atoms with Gasteiger partial charge in [-0.25, -0.2) is 0 Å². The van der Waals surface area contributed by atoms with E-state index in [-0.39, 0.29) is 5.69 Å². The molecule has 110 valence electrons. The summed E-state index contributed by atoms with van der Waals surface area (Å²) in [6.45, 7) is 2.80. The molecule has 0 bridgehead atoms. The summed E-state index contributed by atoms with van der Waals surface area (Å²) in [5.41, 5.74) is -0.0549. The Balaban J connectivity index is 3.22. The number of rotatable bonds is 5. The van der Waals surface area contributed by atoms with E-state index >= 15 is 0 Å². The number of hydrogen-bond acceptors (Lipinski definition) is 2. The molecule has 1 amide bonds. The van der Waals surface area contributed by atoms with Crippen LogP contribution in [0, 0.1) is 0 Å². The van der Waals surface area contributed by atoms with Crippen LogP contribution in [0.5, 0.6) is 0 Å². The molecule has 3 nitrogen and oxygen atoms in total. The van der Waals surface area contributed by atoms with Crippen molar-refractivity contribution < 1.29 is 31.8 Å². The maximum atomic E-state index is 13.5. The normalized spacial score (nSPS) is 14.4. The zero-order valence-corrected chi connectivity index (χ0v) is 10.0. The van der Waals surface area contributed by atoms with Crippen molar-refractivity contribution in [1.29, 1.82) is 0 Å². The molecular formula is C12H10F5NO2. The number of anilines is 1. The summed E-state index contributed by atoms with van der Waals surface area (Å²) in [6.07, 6.45) is -4.78. The highest BCUT2D eigenvalue weighted by Crippen LogP contribution is 2.38. The quantitative estimate of drug-likeness (QED) is 0.616. The number of amides is 1. The number of hydrogen-bond donors (Lipinski definition) is 0. The number of halogens is 5. The van der Waals surface area contributed by atoms with Gasteiger partial charge in [-0.15, -0.1) is 11.5 Å². The zero-order valence-electron chi connectivity index (χ0n) is 10.0. The van der Waals surface area contributed by atoms with Crippen LogP contribution in [0.25, 0.3) is 0 Å². The number of nitrogens with zero attached hydrogens (tertiary/aromatic N) is 1. The number of para-hydroxylation sites is 1. The Kier molecular flexibility index (Phi) is 4.83. The Morgan fingerprint density at radius 1 is 1.25 bits per heavy atom. The van der Waals surface area contributed by atoms with E-state index in [2.05, 4.69) is 11.5 Å². The van der Waals surface area contributed by atoms with Crippen molar-refractivity contribution in [3.05, 3.63) is 43.0 Å². The van der Waals surface area contributed by atoms with Gasteiger partial charge in [-0.05, 0) is 16.7 Å². The van der Waals surface area contributed by atoms with Gasteiger partial charge in [0.1, 0.15) is 0 Å². The molecule has 20 heavy (non-hydrogen) atoms. The van der Waals surface area contributed by atoms with Crippen molar-refractivity contribution in [2.45, 2.75) is 12.0 Å². The van der Waals surface area contributed by atoms with Crippen molar-refractivity contribution in [3.8, 4) is 0 Å². The smallest absolute Gasteiger partial charge is 0.303 e. The molecule has 1 aromatic carbocycles. The molecule has 0 saturated carbocycles. The first-order valence-corrected chi connectivity index (χ1v) is 5.31. The standard InChI is InChI=1S/C12H10F5NO2/c1-2-8-18(9-6-4-3-5-7-9)10(19)11(13,20-17)12(14,15)16/h2-7H,1,8H2. The van der Waals surface area contributed by atoms with Crippen LogP contribution in [0.1, 0.15) is 0 Å². The lowest BCUT2D eigenvalue weighted by Crippen LogP contribution is -2.56. The minimum atomic E-state index is -5.85. The van der Waals surface area contributed by atoms with Crippen LogP contribution in [0.15, 0.2) is 43.0 Å². The van der Waals surface area contributed by atoms with Gasteiger partial charge in [0.15, 0.2) is 0 Å². The molecule has 0 spiro atoms. The lowest BCUT2D eigenvalue weighted by molar-refractivity contribution is -0.380. The summed E-state index contributed by atoms with van der Waals surface area (Å²) in [5, 5.41) is 0. The zero-order chi connectivity index (χ0) is 15.4. The number of carbonyl (C=O) groups is 1. The molecule has 1 unspecified atom stereocenters. The Bertz CT molecular complexity index is 476. The molecule has 1 aromatic rings. The second kappa shape index (κ2) is 6.00. The maximum Gasteiger partial charge on any atom is 0.461 e. The fourth-order valence-corrected chi connectivity index (χ4v) is 1.41. The maximum absolute atomic E-state index is 13.5. The van der Waals surface area contributed by atoms with E-state index in [1.165, 1.54) is 30.3 Å². The van der Waals surface area contributed by atoms with Gasteiger partial charge in [-0.2, -0.15) is 17.6 Å². The summed E-state index contributed by atoms with van der Waals surface area (Å²) >= 11 is 0. The van der Waals surface area contributed by atoms with Crippen LogP contribution in [0.2, 0.25) is 0 Å². The van der Waals surface area contributed by atoms with Gasteiger partial charge in [-0.1, -0.05) is 24.3 Å².